The smallest absolute Gasteiger partial charge is 0.269 e. The van der Waals surface area contributed by atoms with Crippen LogP contribution < -0.4 is 10.5 Å². The maximum atomic E-state index is 10.5. The van der Waals surface area contributed by atoms with Gasteiger partial charge in [-0.1, -0.05) is 12.1 Å². The second-order valence-corrected chi connectivity index (χ2v) is 4.16. The van der Waals surface area contributed by atoms with Gasteiger partial charge in [0, 0.05) is 18.7 Å². The molecule has 5 nitrogen and oxygen atoms in total. The van der Waals surface area contributed by atoms with E-state index >= 15 is 0 Å². The Bertz CT molecular complexity index is 594. The summed E-state index contributed by atoms with van der Waals surface area (Å²) in [6.45, 7) is 2.42. The highest BCUT2D eigenvalue weighted by atomic mass is 16.6. The quantitative estimate of drug-likeness (QED) is 0.675. The van der Waals surface area contributed by atoms with Gasteiger partial charge in [0.1, 0.15) is 11.5 Å². The highest BCUT2D eigenvalue weighted by molar-refractivity contribution is 5.42. The molecule has 0 spiro atoms. The van der Waals surface area contributed by atoms with Gasteiger partial charge in [-0.2, -0.15) is 0 Å². The average molecular weight is 258 g/mol. The van der Waals surface area contributed by atoms with E-state index in [4.69, 9.17) is 10.5 Å². The number of aryl methyl sites for hydroxylation is 1. The molecular formula is C14H14N2O3. The second kappa shape index (κ2) is 5.49. The molecule has 0 heterocycles. The van der Waals surface area contributed by atoms with Crippen LogP contribution in [0.4, 0.5) is 5.69 Å². The summed E-state index contributed by atoms with van der Waals surface area (Å²) in [5.74, 6) is 1.28. The van der Waals surface area contributed by atoms with Crippen LogP contribution in [-0.4, -0.2) is 4.92 Å². The normalized spacial score (nSPS) is 10.2. The number of nitrogens with two attached hydrogens (primary N) is 1. The number of non-ortho nitro benzene ring substituents is 1. The zero-order valence-electron chi connectivity index (χ0n) is 10.5. The van der Waals surface area contributed by atoms with E-state index in [1.807, 2.05) is 25.1 Å². The zero-order valence-corrected chi connectivity index (χ0v) is 10.5. The first-order valence-electron chi connectivity index (χ1n) is 5.82. The van der Waals surface area contributed by atoms with Crippen molar-refractivity contribution in [3.8, 4) is 11.5 Å². The summed E-state index contributed by atoms with van der Waals surface area (Å²) in [5, 5.41) is 10.5. The molecule has 0 aliphatic heterocycles. The van der Waals surface area contributed by atoms with E-state index < -0.39 is 4.92 Å². The van der Waals surface area contributed by atoms with Crippen LogP contribution in [0.15, 0.2) is 42.5 Å². The molecule has 2 rings (SSSR count). The SMILES string of the molecule is Cc1cc(CN)ccc1Oc1ccc([N+](=O)[O-])cc1. The molecule has 2 N–H and O–H groups in total. The van der Waals surface area contributed by atoms with Crippen LogP contribution in [-0.2, 0) is 6.54 Å². The van der Waals surface area contributed by atoms with E-state index in [-0.39, 0.29) is 5.69 Å². The Hall–Kier alpha value is -2.40. The lowest BCUT2D eigenvalue weighted by Crippen LogP contribution is -1.97. The molecule has 0 aromatic heterocycles. The number of nitro groups is 1. The van der Waals surface area contributed by atoms with Crippen LogP contribution in [0.1, 0.15) is 11.1 Å². The molecule has 0 amide bonds. The fourth-order valence-electron chi connectivity index (χ4n) is 1.72. The highest BCUT2D eigenvalue weighted by Gasteiger charge is 2.06. The van der Waals surface area contributed by atoms with Crippen molar-refractivity contribution in [1.82, 2.24) is 0 Å². The Labute approximate surface area is 110 Å². The van der Waals surface area contributed by atoms with Crippen LogP contribution in [0.3, 0.4) is 0 Å². The van der Waals surface area contributed by atoms with Gasteiger partial charge >= 0.3 is 0 Å². The fraction of sp³-hybridized carbons (Fsp3) is 0.143. The van der Waals surface area contributed by atoms with Gasteiger partial charge in [0.2, 0.25) is 0 Å². The van der Waals surface area contributed by atoms with Gasteiger partial charge in [0.25, 0.3) is 5.69 Å². The number of hydrogen-bond acceptors (Lipinski definition) is 4. The number of nitrogens with zero attached hydrogens (tertiary/aromatic N) is 1. The molecule has 0 bridgehead atoms. The van der Waals surface area contributed by atoms with Gasteiger partial charge in [-0.25, -0.2) is 0 Å². The first-order valence-corrected chi connectivity index (χ1v) is 5.82. The number of hydrogen-bond donors (Lipinski definition) is 1. The molecule has 0 radical (unpaired) electrons. The Kier molecular flexibility index (Phi) is 3.77. The third-order valence-electron chi connectivity index (χ3n) is 2.75. The van der Waals surface area contributed by atoms with E-state index in [1.165, 1.54) is 12.1 Å². The molecule has 0 aliphatic rings. The maximum absolute atomic E-state index is 10.5. The summed E-state index contributed by atoms with van der Waals surface area (Å²) in [4.78, 5) is 10.1. The average Bonchev–Trinajstić information content (AvgIpc) is 2.41. The van der Waals surface area contributed by atoms with Crippen molar-refractivity contribution in [2.45, 2.75) is 13.5 Å². The van der Waals surface area contributed by atoms with Gasteiger partial charge in [0.05, 0.1) is 4.92 Å². The first-order chi connectivity index (χ1) is 9.10. The van der Waals surface area contributed by atoms with Crippen LogP contribution in [0.5, 0.6) is 11.5 Å². The summed E-state index contributed by atoms with van der Waals surface area (Å²) in [5.41, 5.74) is 7.61. The topological polar surface area (TPSA) is 78.4 Å². The molecule has 19 heavy (non-hydrogen) atoms. The number of benzene rings is 2. The molecule has 98 valence electrons. The zero-order chi connectivity index (χ0) is 13.8. The number of ether oxygens (including phenoxy) is 1. The van der Waals surface area contributed by atoms with Crippen LogP contribution in [0.25, 0.3) is 0 Å². The van der Waals surface area contributed by atoms with Crippen molar-refractivity contribution in [2.24, 2.45) is 5.73 Å². The summed E-state index contributed by atoms with van der Waals surface area (Å²) in [7, 11) is 0. The number of rotatable bonds is 4. The molecule has 2 aromatic rings. The minimum atomic E-state index is -0.439. The minimum Gasteiger partial charge on any atom is -0.457 e. The van der Waals surface area contributed by atoms with E-state index in [2.05, 4.69) is 0 Å². The lowest BCUT2D eigenvalue weighted by molar-refractivity contribution is -0.384. The highest BCUT2D eigenvalue weighted by Crippen LogP contribution is 2.27. The summed E-state index contributed by atoms with van der Waals surface area (Å²) in [6, 6.07) is 11.7. The summed E-state index contributed by atoms with van der Waals surface area (Å²) >= 11 is 0. The van der Waals surface area contributed by atoms with E-state index in [1.54, 1.807) is 12.1 Å². The van der Waals surface area contributed by atoms with Crippen molar-refractivity contribution in [3.63, 3.8) is 0 Å². The van der Waals surface area contributed by atoms with Crippen molar-refractivity contribution in [2.75, 3.05) is 0 Å². The maximum Gasteiger partial charge on any atom is 0.269 e. The molecule has 0 saturated carbocycles. The van der Waals surface area contributed by atoms with Crippen molar-refractivity contribution < 1.29 is 9.66 Å². The largest absolute Gasteiger partial charge is 0.457 e. The molecule has 0 atom stereocenters. The Morgan fingerprint density at radius 3 is 2.42 bits per heavy atom. The lowest BCUT2D eigenvalue weighted by Gasteiger charge is -2.09. The van der Waals surface area contributed by atoms with Gasteiger partial charge < -0.3 is 10.5 Å². The van der Waals surface area contributed by atoms with Crippen LogP contribution in [0.2, 0.25) is 0 Å². The molecule has 0 aliphatic carbocycles. The molecular weight excluding hydrogens is 244 g/mol. The monoisotopic (exact) mass is 258 g/mol. The Balaban J connectivity index is 2.19. The van der Waals surface area contributed by atoms with Gasteiger partial charge in [-0.15, -0.1) is 0 Å². The molecule has 2 aromatic carbocycles. The predicted octanol–water partition coefficient (Wildman–Crippen LogP) is 3.15. The Morgan fingerprint density at radius 1 is 1.21 bits per heavy atom. The third-order valence-corrected chi connectivity index (χ3v) is 2.75. The van der Waals surface area contributed by atoms with E-state index in [0.717, 1.165) is 11.1 Å². The lowest BCUT2D eigenvalue weighted by atomic mass is 10.1. The predicted molar refractivity (Wildman–Crippen MR) is 72.2 cm³/mol. The van der Waals surface area contributed by atoms with Gasteiger partial charge in [-0.05, 0) is 36.2 Å². The third kappa shape index (κ3) is 3.08. The first kappa shape index (κ1) is 13.0. The second-order valence-electron chi connectivity index (χ2n) is 4.16. The van der Waals surface area contributed by atoms with Crippen molar-refractivity contribution in [3.05, 3.63) is 63.7 Å². The van der Waals surface area contributed by atoms with Gasteiger partial charge in [0.15, 0.2) is 0 Å². The van der Waals surface area contributed by atoms with Crippen molar-refractivity contribution >= 4 is 5.69 Å². The van der Waals surface area contributed by atoms with E-state index in [0.29, 0.717) is 18.0 Å². The van der Waals surface area contributed by atoms with Gasteiger partial charge in [-0.3, -0.25) is 10.1 Å². The minimum absolute atomic E-state index is 0.0440. The Morgan fingerprint density at radius 2 is 1.89 bits per heavy atom. The van der Waals surface area contributed by atoms with Crippen LogP contribution in [0, 0.1) is 17.0 Å². The molecule has 5 heteroatoms. The van der Waals surface area contributed by atoms with E-state index in [9.17, 15) is 10.1 Å². The fourth-order valence-corrected chi connectivity index (χ4v) is 1.72. The standard InChI is InChI=1S/C14H14N2O3/c1-10-8-11(9-15)2-7-14(10)19-13-5-3-12(4-6-13)16(17)18/h2-8H,9,15H2,1H3. The molecule has 0 fully saturated rings. The van der Waals surface area contributed by atoms with Crippen LogP contribution >= 0.6 is 0 Å². The van der Waals surface area contributed by atoms with Crippen molar-refractivity contribution in [1.29, 1.82) is 0 Å². The molecule has 0 unspecified atom stereocenters. The summed E-state index contributed by atoms with van der Waals surface area (Å²) in [6.07, 6.45) is 0. The summed E-state index contributed by atoms with van der Waals surface area (Å²) < 4.78 is 5.68. The molecule has 0 saturated heterocycles. The number of nitro benzene ring substituents is 1.